The smallest absolute Gasteiger partial charge is 0.120 e. The van der Waals surface area contributed by atoms with Crippen LogP contribution in [0.2, 0.25) is 0 Å². The maximum atomic E-state index is 9.77. The number of benzene rings is 2. The van der Waals surface area contributed by atoms with Crippen molar-refractivity contribution in [2.24, 2.45) is 0 Å². The SMILES string of the molecule is Nc1ccc(O)c(CNc2ccc(N)cc2CCO)c1. The van der Waals surface area contributed by atoms with Crippen molar-refractivity contribution < 1.29 is 10.2 Å². The zero-order chi connectivity index (χ0) is 14.5. The van der Waals surface area contributed by atoms with Gasteiger partial charge in [0.15, 0.2) is 0 Å². The van der Waals surface area contributed by atoms with Gasteiger partial charge in [-0.1, -0.05) is 0 Å². The molecule has 0 amide bonds. The summed E-state index contributed by atoms with van der Waals surface area (Å²) in [5.41, 5.74) is 15.3. The molecule has 0 saturated carbocycles. The Kier molecular flexibility index (Phi) is 4.32. The molecule has 20 heavy (non-hydrogen) atoms. The van der Waals surface area contributed by atoms with Gasteiger partial charge >= 0.3 is 0 Å². The Morgan fingerprint density at radius 2 is 1.60 bits per heavy atom. The topological polar surface area (TPSA) is 105 Å². The largest absolute Gasteiger partial charge is 0.508 e. The molecule has 0 spiro atoms. The number of aliphatic hydroxyl groups is 1. The Hall–Kier alpha value is -2.40. The summed E-state index contributed by atoms with van der Waals surface area (Å²) in [5, 5.41) is 22.1. The van der Waals surface area contributed by atoms with Gasteiger partial charge in [0.25, 0.3) is 0 Å². The van der Waals surface area contributed by atoms with Crippen molar-refractivity contribution in [3.05, 3.63) is 47.5 Å². The van der Waals surface area contributed by atoms with E-state index in [9.17, 15) is 5.11 Å². The van der Waals surface area contributed by atoms with E-state index in [1.807, 2.05) is 12.1 Å². The maximum Gasteiger partial charge on any atom is 0.120 e. The third kappa shape index (κ3) is 3.33. The first-order valence-electron chi connectivity index (χ1n) is 6.40. The molecule has 0 heterocycles. The van der Waals surface area contributed by atoms with E-state index in [-0.39, 0.29) is 12.4 Å². The number of hydrogen-bond acceptors (Lipinski definition) is 5. The molecule has 0 unspecified atom stereocenters. The van der Waals surface area contributed by atoms with Crippen LogP contribution in [0.15, 0.2) is 36.4 Å². The number of aromatic hydroxyl groups is 1. The average Bonchev–Trinajstić information content (AvgIpc) is 2.42. The van der Waals surface area contributed by atoms with E-state index in [0.717, 1.165) is 16.8 Å². The number of nitrogens with one attached hydrogen (secondary N) is 1. The van der Waals surface area contributed by atoms with Crippen LogP contribution < -0.4 is 16.8 Å². The molecule has 2 aromatic rings. The fraction of sp³-hybridized carbons (Fsp3) is 0.200. The summed E-state index contributed by atoms with van der Waals surface area (Å²) in [7, 11) is 0. The Labute approximate surface area is 117 Å². The van der Waals surface area contributed by atoms with Gasteiger partial charge in [-0.3, -0.25) is 0 Å². The minimum absolute atomic E-state index is 0.0572. The van der Waals surface area contributed by atoms with Crippen molar-refractivity contribution >= 4 is 17.1 Å². The minimum atomic E-state index is 0.0572. The molecule has 0 fully saturated rings. The van der Waals surface area contributed by atoms with Crippen LogP contribution in [0, 0.1) is 0 Å². The summed E-state index contributed by atoms with van der Waals surface area (Å²) in [4.78, 5) is 0. The molecule has 7 N–H and O–H groups in total. The lowest BCUT2D eigenvalue weighted by molar-refractivity contribution is 0.300. The Balaban J connectivity index is 2.16. The van der Waals surface area contributed by atoms with E-state index in [1.54, 1.807) is 24.3 Å². The predicted molar refractivity (Wildman–Crippen MR) is 81.5 cm³/mol. The second kappa shape index (κ2) is 6.16. The zero-order valence-corrected chi connectivity index (χ0v) is 11.1. The first kappa shape index (κ1) is 14.0. The van der Waals surface area contributed by atoms with Crippen molar-refractivity contribution in [1.29, 1.82) is 0 Å². The van der Waals surface area contributed by atoms with E-state index in [4.69, 9.17) is 16.6 Å². The molecule has 5 nitrogen and oxygen atoms in total. The summed E-state index contributed by atoms with van der Waals surface area (Å²) in [5.74, 6) is 0.200. The molecule has 0 bridgehead atoms. The minimum Gasteiger partial charge on any atom is -0.508 e. The second-order valence-electron chi connectivity index (χ2n) is 4.63. The van der Waals surface area contributed by atoms with Crippen LogP contribution in [0.25, 0.3) is 0 Å². The van der Waals surface area contributed by atoms with Crippen LogP contribution in [0.3, 0.4) is 0 Å². The number of anilines is 3. The van der Waals surface area contributed by atoms with Crippen LogP contribution in [-0.2, 0) is 13.0 Å². The van der Waals surface area contributed by atoms with Gasteiger partial charge in [-0.25, -0.2) is 0 Å². The number of phenols is 1. The van der Waals surface area contributed by atoms with Gasteiger partial charge in [-0.15, -0.1) is 0 Å². The number of nitrogens with two attached hydrogens (primary N) is 2. The highest BCUT2D eigenvalue weighted by molar-refractivity contribution is 5.59. The average molecular weight is 273 g/mol. The van der Waals surface area contributed by atoms with Crippen molar-refractivity contribution in [1.82, 2.24) is 0 Å². The lowest BCUT2D eigenvalue weighted by Crippen LogP contribution is -2.05. The molecule has 0 radical (unpaired) electrons. The van der Waals surface area contributed by atoms with Gasteiger partial charge in [0, 0.05) is 35.8 Å². The number of phenolic OH excluding ortho intramolecular Hbond substituents is 1. The van der Waals surface area contributed by atoms with Gasteiger partial charge in [-0.05, 0) is 48.4 Å². The molecule has 0 aliphatic heterocycles. The van der Waals surface area contributed by atoms with E-state index >= 15 is 0 Å². The van der Waals surface area contributed by atoms with Gasteiger partial charge < -0.3 is 27.0 Å². The highest BCUT2D eigenvalue weighted by Gasteiger charge is 2.05. The van der Waals surface area contributed by atoms with Crippen LogP contribution >= 0.6 is 0 Å². The second-order valence-corrected chi connectivity index (χ2v) is 4.63. The van der Waals surface area contributed by atoms with Gasteiger partial charge in [0.05, 0.1) is 0 Å². The number of hydrogen-bond donors (Lipinski definition) is 5. The number of rotatable bonds is 5. The van der Waals surface area contributed by atoms with E-state index in [2.05, 4.69) is 5.32 Å². The Morgan fingerprint density at radius 1 is 0.950 bits per heavy atom. The first-order valence-corrected chi connectivity index (χ1v) is 6.40. The molecule has 0 aromatic heterocycles. The number of aliphatic hydroxyl groups excluding tert-OH is 1. The molecular weight excluding hydrogens is 254 g/mol. The molecule has 2 rings (SSSR count). The van der Waals surface area contributed by atoms with Crippen molar-refractivity contribution in [3.63, 3.8) is 0 Å². The summed E-state index contributed by atoms with van der Waals surface area (Å²) in [6.07, 6.45) is 0.524. The van der Waals surface area contributed by atoms with Crippen LogP contribution in [0.5, 0.6) is 5.75 Å². The summed E-state index contributed by atoms with van der Waals surface area (Å²) in [6.45, 7) is 0.501. The summed E-state index contributed by atoms with van der Waals surface area (Å²) < 4.78 is 0. The third-order valence-corrected chi connectivity index (χ3v) is 3.08. The fourth-order valence-corrected chi connectivity index (χ4v) is 2.05. The Bertz CT molecular complexity index is 600. The molecule has 0 aliphatic rings. The van der Waals surface area contributed by atoms with Gasteiger partial charge in [0.1, 0.15) is 5.75 Å². The quantitative estimate of drug-likeness (QED) is 0.421. The van der Waals surface area contributed by atoms with Gasteiger partial charge in [-0.2, -0.15) is 0 Å². The summed E-state index contributed by atoms with van der Waals surface area (Å²) >= 11 is 0. The van der Waals surface area contributed by atoms with Gasteiger partial charge in [0.2, 0.25) is 0 Å². The van der Waals surface area contributed by atoms with E-state index in [0.29, 0.717) is 24.3 Å². The zero-order valence-electron chi connectivity index (χ0n) is 11.1. The fourth-order valence-electron chi connectivity index (χ4n) is 2.05. The third-order valence-electron chi connectivity index (χ3n) is 3.08. The first-order chi connectivity index (χ1) is 9.60. The molecule has 0 saturated heterocycles. The molecule has 106 valence electrons. The van der Waals surface area contributed by atoms with Crippen LogP contribution in [0.1, 0.15) is 11.1 Å². The molecule has 5 heteroatoms. The van der Waals surface area contributed by atoms with E-state index < -0.39 is 0 Å². The summed E-state index contributed by atoms with van der Waals surface area (Å²) in [6, 6.07) is 10.4. The standard InChI is InChI=1S/C15H19N3O2/c16-12-1-3-14(10(7-12)5-6-19)18-9-11-8-13(17)2-4-15(11)20/h1-4,7-8,18-20H,5-6,9,16-17H2. The monoisotopic (exact) mass is 273 g/mol. The number of nitrogen functional groups attached to an aromatic ring is 2. The van der Waals surface area contributed by atoms with Crippen molar-refractivity contribution in [2.75, 3.05) is 23.4 Å². The predicted octanol–water partition coefficient (Wildman–Crippen LogP) is 1.70. The van der Waals surface area contributed by atoms with Crippen molar-refractivity contribution in [3.8, 4) is 5.75 Å². The van der Waals surface area contributed by atoms with Crippen LogP contribution in [0.4, 0.5) is 17.1 Å². The van der Waals surface area contributed by atoms with Crippen LogP contribution in [-0.4, -0.2) is 16.8 Å². The lowest BCUT2D eigenvalue weighted by atomic mass is 10.1. The Morgan fingerprint density at radius 3 is 2.30 bits per heavy atom. The maximum absolute atomic E-state index is 9.77. The van der Waals surface area contributed by atoms with Crippen molar-refractivity contribution in [2.45, 2.75) is 13.0 Å². The molecule has 0 aliphatic carbocycles. The lowest BCUT2D eigenvalue weighted by Gasteiger charge is -2.13. The molecule has 0 atom stereocenters. The highest BCUT2D eigenvalue weighted by atomic mass is 16.3. The van der Waals surface area contributed by atoms with E-state index in [1.165, 1.54) is 0 Å². The molecule has 2 aromatic carbocycles. The molecular formula is C15H19N3O2. The highest BCUT2D eigenvalue weighted by Crippen LogP contribution is 2.24. The normalized spacial score (nSPS) is 10.4.